The predicted octanol–water partition coefficient (Wildman–Crippen LogP) is 1.46. The van der Waals surface area contributed by atoms with Crippen LogP contribution in [0.25, 0.3) is 0 Å². The normalized spacial score (nSPS) is 11.2. The van der Waals surface area contributed by atoms with Crippen LogP contribution in [0.1, 0.15) is 22.8 Å². The van der Waals surface area contributed by atoms with Gasteiger partial charge in [0.15, 0.2) is 0 Å². The van der Waals surface area contributed by atoms with E-state index in [4.69, 9.17) is 5.11 Å². The van der Waals surface area contributed by atoms with Crippen molar-refractivity contribution in [2.75, 3.05) is 7.11 Å². The Balaban J connectivity index is 3.35. The zero-order chi connectivity index (χ0) is 11.4. The number of benzene rings is 1. The van der Waals surface area contributed by atoms with Crippen molar-refractivity contribution in [2.45, 2.75) is 6.92 Å². The van der Waals surface area contributed by atoms with Gasteiger partial charge in [-0.2, -0.15) is 0 Å². The van der Waals surface area contributed by atoms with Gasteiger partial charge in [-0.3, -0.25) is 0 Å². The molecule has 0 aliphatic heterocycles. The quantitative estimate of drug-likeness (QED) is 0.583. The summed E-state index contributed by atoms with van der Waals surface area (Å²) < 4.78 is 0. The average Bonchev–Trinajstić information content (AvgIpc) is 2.17. The van der Waals surface area contributed by atoms with Crippen LogP contribution < -0.4 is 0 Å². The van der Waals surface area contributed by atoms with E-state index in [1.54, 1.807) is 19.1 Å². The summed E-state index contributed by atoms with van der Waals surface area (Å²) >= 11 is 0. The van der Waals surface area contributed by atoms with Gasteiger partial charge in [-0.15, -0.1) is 0 Å². The van der Waals surface area contributed by atoms with Gasteiger partial charge in [0.2, 0.25) is 0 Å². The predicted molar refractivity (Wildman–Crippen MR) is 54.3 cm³/mol. The molecule has 0 amide bonds. The Morgan fingerprint density at radius 1 is 1.47 bits per heavy atom. The summed E-state index contributed by atoms with van der Waals surface area (Å²) in [5, 5.41) is 21.9. The Morgan fingerprint density at radius 2 is 2.13 bits per heavy atom. The van der Waals surface area contributed by atoms with Crippen molar-refractivity contribution < 1.29 is 19.8 Å². The van der Waals surface area contributed by atoms with Crippen LogP contribution >= 0.6 is 0 Å². The fourth-order valence-electron chi connectivity index (χ4n) is 1.25. The summed E-state index contributed by atoms with van der Waals surface area (Å²) in [5.74, 6) is -1.49. The van der Waals surface area contributed by atoms with Gasteiger partial charge >= 0.3 is 5.97 Å². The van der Waals surface area contributed by atoms with Crippen LogP contribution in [-0.4, -0.2) is 29.0 Å². The molecule has 0 radical (unpaired) electrons. The largest absolute Gasteiger partial charge is 0.507 e. The monoisotopic (exact) mass is 209 g/mol. The van der Waals surface area contributed by atoms with E-state index in [-0.39, 0.29) is 11.3 Å². The minimum absolute atomic E-state index is 0.171. The van der Waals surface area contributed by atoms with Gasteiger partial charge in [0, 0.05) is 5.56 Å². The molecule has 80 valence electrons. The summed E-state index contributed by atoms with van der Waals surface area (Å²) in [6.45, 7) is 1.60. The third kappa shape index (κ3) is 2.25. The molecule has 0 atom stereocenters. The maximum atomic E-state index is 10.9. The first kappa shape index (κ1) is 11.0. The lowest BCUT2D eigenvalue weighted by molar-refractivity contribution is 0.0693. The summed E-state index contributed by atoms with van der Waals surface area (Å²) in [6.07, 6.45) is 0. The van der Waals surface area contributed by atoms with E-state index in [2.05, 4.69) is 9.99 Å². The van der Waals surface area contributed by atoms with Crippen LogP contribution in [0.4, 0.5) is 0 Å². The highest BCUT2D eigenvalue weighted by Gasteiger charge is 2.16. The van der Waals surface area contributed by atoms with Crippen LogP contribution in [0.3, 0.4) is 0 Å². The Kier molecular flexibility index (Phi) is 3.28. The number of aromatic hydroxyl groups is 1. The van der Waals surface area contributed by atoms with E-state index in [1.807, 2.05) is 0 Å². The molecule has 15 heavy (non-hydrogen) atoms. The number of carbonyl (C=O) groups is 1. The molecule has 0 heterocycles. The van der Waals surface area contributed by atoms with Gasteiger partial charge < -0.3 is 15.1 Å². The van der Waals surface area contributed by atoms with Crippen molar-refractivity contribution in [3.05, 3.63) is 29.3 Å². The lowest BCUT2D eigenvalue weighted by Crippen LogP contribution is -2.07. The molecule has 0 aliphatic rings. The van der Waals surface area contributed by atoms with E-state index in [0.717, 1.165) is 0 Å². The first-order valence-electron chi connectivity index (χ1n) is 4.21. The topological polar surface area (TPSA) is 79.1 Å². The second kappa shape index (κ2) is 4.45. The van der Waals surface area contributed by atoms with E-state index >= 15 is 0 Å². The number of oxime groups is 1. The molecule has 5 heteroatoms. The van der Waals surface area contributed by atoms with Crippen molar-refractivity contribution in [3.63, 3.8) is 0 Å². The molecule has 0 saturated carbocycles. The summed E-state index contributed by atoms with van der Waals surface area (Å²) in [5.41, 5.74) is 0.561. The number of carboxylic acid groups (broad SMARTS) is 1. The van der Waals surface area contributed by atoms with Crippen LogP contribution in [0, 0.1) is 0 Å². The maximum Gasteiger partial charge on any atom is 0.340 e. The lowest BCUT2D eigenvalue weighted by atomic mass is 10.0. The van der Waals surface area contributed by atoms with Crippen LogP contribution in [0.15, 0.2) is 23.4 Å². The van der Waals surface area contributed by atoms with Gasteiger partial charge in [0.1, 0.15) is 18.4 Å². The number of phenols is 1. The number of carboxylic acids is 1. The molecule has 2 N–H and O–H groups in total. The van der Waals surface area contributed by atoms with Crippen LogP contribution in [0.5, 0.6) is 5.75 Å². The molecular formula is C10H11NO4. The van der Waals surface area contributed by atoms with E-state index in [1.165, 1.54) is 13.2 Å². The fourth-order valence-corrected chi connectivity index (χ4v) is 1.25. The summed E-state index contributed by atoms with van der Waals surface area (Å²) in [4.78, 5) is 15.4. The Bertz CT molecular complexity index is 412. The molecule has 0 aliphatic carbocycles. The zero-order valence-electron chi connectivity index (χ0n) is 8.39. The number of hydrogen-bond donors (Lipinski definition) is 2. The van der Waals surface area contributed by atoms with Gasteiger partial charge in [-0.1, -0.05) is 17.3 Å². The van der Waals surface area contributed by atoms with Crippen molar-refractivity contribution >= 4 is 11.7 Å². The number of nitrogens with zero attached hydrogens (tertiary/aromatic N) is 1. The van der Waals surface area contributed by atoms with E-state index in [9.17, 15) is 9.90 Å². The minimum Gasteiger partial charge on any atom is -0.507 e. The second-order valence-corrected chi connectivity index (χ2v) is 2.86. The summed E-state index contributed by atoms with van der Waals surface area (Å²) in [6, 6.07) is 4.42. The minimum atomic E-state index is -1.20. The standard InChI is InChI=1S/C10H11NO4/c1-6(11-15-2)7-4-3-5-8(12)9(7)10(13)14/h3-5,12H,1-2H3,(H,13,14)/b11-6-. The molecule has 1 aromatic carbocycles. The number of rotatable bonds is 3. The molecule has 0 bridgehead atoms. The van der Waals surface area contributed by atoms with Crippen LogP contribution in [-0.2, 0) is 4.84 Å². The van der Waals surface area contributed by atoms with E-state index < -0.39 is 5.97 Å². The molecule has 1 aromatic rings. The summed E-state index contributed by atoms with van der Waals surface area (Å²) in [7, 11) is 1.37. The van der Waals surface area contributed by atoms with Crippen molar-refractivity contribution in [1.82, 2.24) is 0 Å². The molecule has 1 rings (SSSR count). The lowest BCUT2D eigenvalue weighted by Gasteiger charge is -2.06. The third-order valence-electron chi connectivity index (χ3n) is 1.87. The van der Waals surface area contributed by atoms with E-state index in [0.29, 0.717) is 11.3 Å². The SMILES string of the molecule is CO/N=C(/C)c1cccc(O)c1C(=O)O. The smallest absolute Gasteiger partial charge is 0.340 e. The van der Waals surface area contributed by atoms with Gasteiger partial charge in [-0.25, -0.2) is 4.79 Å². The average molecular weight is 209 g/mol. The molecule has 0 spiro atoms. The second-order valence-electron chi connectivity index (χ2n) is 2.86. The molecule has 5 nitrogen and oxygen atoms in total. The highest BCUT2D eigenvalue weighted by atomic mass is 16.6. The molecule has 0 aromatic heterocycles. The van der Waals surface area contributed by atoms with Gasteiger partial charge in [-0.05, 0) is 13.0 Å². The fraction of sp³-hybridized carbons (Fsp3) is 0.200. The van der Waals surface area contributed by atoms with Crippen molar-refractivity contribution in [2.24, 2.45) is 5.16 Å². The Morgan fingerprint density at radius 3 is 2.67 bits per heavy atom. The first-order valence-corrected chi connectivity index (χ1v) is 4.21. The number of aromatic carboxylic acids is 1. The number of hydrogen-bond acceptors (Lipinski definition) is 4. The Hall–Kier alpha value is -2.04. The zero-order valence-corrected chi connectivity index (χ0v) is 8.39. The van der Waals surface area contributed by atoms with Gasteiger partial charge in [0.25, 0.3) is 0 Å². The van der Waals surface area contributed by atoms with Crippen LogP contribution in [0.2, 0.25) is 0 Å². The molecule has 0 saturated heterocycles. The van der Waals surface area contributed by atoms with Crippen molar-refractivity contribution in [3.8, 4) is 5.75 Å². The molecule has 0 unspecified atom stereocenters. The highest BCUT2D eigenvalue weighted by molar-refractivity contribution is 6.08. The molecular weight excluding hydrogens is 198 g/mol. The van der Waals surface area contributed by atoms with Gasteiger partial charge in [0.05, 0.1) is 5.71 Å². The maximum absolute atomic E-state index is 10.9. The first-order chi connectivity index (χ1) is 7.07. The Labute approximate surface area is 86.6 Å². The molecule has 0 fully saturated rings. The van der Waals surface area contributed by atoms with Crippen molar-refractivity contribution in [1.29, 1.82) is 0 Å². The third-order valence-corrected chi connectivity index (χ3v) is 1.87. The highest BCUT2D eigenvalue weighted by Crippen LogP contribution is 2.21.